The van der Waals surface area contributed by atoms with E-state index in [0.29, 0.717) is 11.8 Å². The van der Waals surface area contributed by atoms with E-state index in [-0.39, 0.29) is 0 Å². The zero-order valence-corrected chi connectivity index (χ0v) is 9.90. The molecule has 2 unspecified atom stereocenters. The van der Waals surface area contributed by atoms with E-state index in [4.69, 9.17) is 15.2 Å². The Morgan fingerprint density at radius 2 is 2.06 bits per heavy atom. The minimum atomic E-state index is 0.561. The molecule has 0 amide bonds. The summed E-state index contributed by atoms with van der Waals surface area (Å²) >= 11 is 0. The van der Waals surface area contributed by atoms with Crippen LogP contribution in [0, 0.1) is 5.92 Å². The van der Waals surface area contributed by atoms with Crippen LogP contribution in [0.15, 0.2) is 18.2 Å². The van der Waals surface area contributed by atoms with Crippen molar-refractivity contribution < 1.29 is 9.47 Å². The van der Waals surface area contributed by atoms with Crippen LogP contribution in [0.2, 0.25) is 0 Å². The lowest BCUT2D eigenvalue weighted by Crippen LogP contribution is -2.30. The molecule has 88 valence electrons. The van der Waals surface area contributed by atoms with Gasteiger partial charge in [0.25, 0.3) is 0 Å². The van der Waals surface area contributed by atoms with Crippen molar-refractivity contribution in [3.05, 3.63) is 23.8 Å². The van der Waals surface area contributed by atoms with Crippen LogP contribution in [0.25, 0.3) is 0 Å². The molecule has 1 aromatic rings. The lowest BCUT2D eigenvalue weighted by molar-refractivity contribution is 0.255. The summed E-state index contributed by atoms with van der Waals surface area (Å²) in [6.07, 6.45) is 2.45. The predicted molar refractivity (Wildman–Crippen MR) is 64.1 cm³/mol. The second kappa shape index (κ2) is 4.74. The van der Waals surface area contributed by atoms with E-state index in [1.54, 1.807) is 14.2 Å². The highest BCUT2D eigenvalue weighted by Gasteiger charge is 2.32. The summed E-state index contributed by atoms with van der Waals surface area (Å²) in [5.41, 5.74) is 7.01. The van der Waals surface area contributed by atoms with E-state index in [1.807, 2.05) is 12.1 Å². The SMILES string of the molecule is COc1ccc(C2CCC2CN)c(OC)c1. The van der Waals surface area contributed by atoms with Gasteiger partial charge in [-0.25, -0.2) is 0 Å². The van der Waals surface area contributed by atoms with Crippen molar-refractivity contribution in [2.75, 3.05) is 20.8 Å². The molecule has 0 aliphatic heterocycles. The minimum absolute atomic E-state index is 0.561. The molecule has 0 aromatic heterocycles. The molecule has 0 bridgehead atoms. The molecule has 1 aliphatic carbocycles. The molecule has 1 saturated carbocycles. The van der Waals surface area contributed by atoms with Crippen molar-refractivity contribution in [2.45, 2.75) is 18.8 Å². The van der Waals surface area contributed by atoms with Crippen molar-refractivity contribution in [3.8, 4) is 11.5 Å². The molecule has 0 heterocycles. The number of methoxy groups -OCH3 is 2. The second-order valence-electron chi connectivity index (χ2n) is 4.29. The quantitative estimate of drug-likeness (QED) is 0.847. The average molecular weight is 221 g/mol. The fraction of sp³-hybridized carbons (Fsp3) is 0.538. The Morgan fingerprint density at radius 1 is 1.25 bits per heavy atom. The van der Waals surface area contributed by atoms with E-state index >= 15 is 0 Å². The standard InChI is InChI=1S/C13H19NO2/c1-15-10-4-6-12(13(7-10)16-2)11-5-3-9(11)8-14/h4,6-7,9,11H,3,5,8,14H2,1-2H3. The van der Waals surface area contributed by atoms with Gasteiger partial charge in [0.1, 0.15) is 11.5 Å². The third-order valence-corrected chi connectivity index (χ3v) is 3.56. The van der Waals surface area contributed by atoms with Gasteiger partial charge in [0.2, 0.25) is 0 Å². The van der Waals surface area contributed by atoms with Crippen LogP contribution in [0.5, 0.6) is 11.5 Å². The van der Waals surface area contributed by atoms with Gasteiger partial charge in [0, 0.05) is 6.07 Å². The van der Waals surface area contributed by atoms with Crippen LogP contribution >= 0.6 is 0 Å². The molecule has 1 aliphatic rings. The zero-order chi connectivity index (χ0) is 11.5. The number of hydrogen-bond acceptors (Lipinski definition) is 3. The summed E-state index contributed by atoms with van der Waals surface area (Å²) in [7, 11) is 3.37. The van der Waals surface area contributed by atoms with Crippen molar-refractivity contribution in [1.82, 2.24) is 0 Å². The summed E-state index contributed by atoms with van der Waals surface area (Å²) in [5.74, 6) is 2.93. The van der Waals surface area contributed by atoms with Gasteiger partial charge in [0.15, 0.2) is 0 Å². The summed E-state index contributed by atoms with van der Waals surface area (Å²) < 4.78 is 10.6. The molecule has 1 aromatic carbocycles. The summed E-state index contributed by atoms with van der Waals surface area (Å²) in [5, 5.41) is 0. The van der Waals surface area contributed by atoms with Crippen LogP contribution in [-0.4, -0.2) is 20.8 Å². The normalized spacial score (nSPS) is 23.7. The maximum Gasteiger partial charge on any atom is 0.126 e. The molecule has 1 fully saturated rings. The lowest BCUT2D eigenvalue weighted by atomic mass is 9.70. The minimum Gasteiger partial charge on any atom is -0.497 e. The first kappa shape index (κ1) is 11.3. The fourth-order valence-corrected chi connectivity index (χ4v) is 2.39. The maximum atomic E-state index is 5.74. The smallest absolute Gasteiger partial charge is 0.126 e. The molecule has 0 radical (unpaired) electrons. The Labute approximate surface area is 96.5 Å². The second-order valence-corrected chi connectivity index (χ2v) is 4.29. The average Bonchev–Trinajstić information content (AvgIpc) is 2.29. The fourth-order valence-electron chi connectivity index (χ4n) is 2.39. The number of hydrogen-bond donors (Lipinski definition) is 1. The van der Waals surface area contributed by atoms with Crippen LogP contribution in [0.3, 0.4) is 0 Å². The molecule has 16 heavy (non-hydrogen) atoms. The largest absolute Gasteiger partial charge is 0.497 e. The first-order valence-electron chi connectivity index (χ1n) is 5.72. The summed E-state index contributed by atoms with van der Waals surface area (Å²) in [4.78, 5) is 0. The molecule has 2 atom stereocenters. The van der Waals surface area contributed by atoms with E-state index in [9.17, 15) is 0 Å². The van der Waals surface area contributed by atoms with Gasteiger partial charge < -0.3 is 15.2 Å². The highest BCUT2D eigenvalue weighted by molar-refractivity contribution is 5.43. The molecule has 0 saturated heterocycles. The van der Waals surface area contributed by atoms with Crippen LogP contribution in [0.1, 0.15) is 24.3 Å². The van der Waals surface area contributed by atoms with E-state index < -0.39 is 0 Å². The number of benzene rings is 1. The third kappa shape index (κ3) is 1.87. The van der Waals surface area contributed by atoms with Gasteiger partial charge in [0.05, 0.1) is 14.2 Å². The topological polar surface area (TPSA) is 44.5 Å². The first-order chi connectivity index (χ1) is 7.80. The number of rotatable bonds is 4. The van der Waals surface area contributed by atoms with Crippen molar-refractivity contribution >= 4 is 0 Å². The Hall–Kier alpha value is -1.22. The van der Waals surface area contributed by atoms with Gasteiger partial charge >= 0.3 is 0 Å². The molecular formula is C13H19NO2. The maximum absolute atomic E-state index is 5.74. The lowest BCUT2D eigenvalue weighted by Gasteiger charge is -2.36. The number of nitrogens with two attached hydrogens (primary N) is 1. The summed E-state index contributed by atoms with van der Waals surface area (Å²) in [6.45, 7) is 0.764. The van der Waals surface area contributed by atoms with Crippen LogP contribution in [-0.2, 0) is 0 Å². The monoisotopic (exact) mass is 221 g/mol. The van der Waals surface area contributed by atoms with Crippen LogP contribution < -0.4 is 15.2 Å². The van der Waals surface area contributed by atoms with E-state index in [1.165, 1.54) is 18.4 Å². The van der Waals surface area contributed by atoms with Crippen molar-refractivity contribution in [3.63, 3.8) is 0 Å². The molecule has 3 nitrogen and oxygen atoms in total. The van der Waals surface area contributed by atoms with Gasteiger partial charge in [-0.3, -0.25) is 0 Å². The first-order valence-corrected chi connectivity index (χ1v) is 5.72. The Morgan fingerprint density at radius 3 is 2.56 bits per heavy atom. The number of ether oxygens (including phenoxy) is 2. The Bertz CT molecular complexity index is 363. The van der Waals surface area contributed by atoms with E-state index in [2.05, 4.69) is 6.07 Å². The van der Waals surface area contributed by atoms with Gasteiger partial charge in [-0.15, -0.1) is 0 Å². The molecule has 2 rings (SSSR count). The van der Waals surface area contributed by atoms with Gasteiger partial charge in [-0.05, 0) is 42.9 Å². The molecular weight excluding hydrogens is 202 g/mol. The molecule has 2 N–H and O–H groups in total. The highest BCUT2D eigenvalue weighted by atomic mass is 16.5. The van der Waals surface area contributed by atoms with Crippen molar-refractivity contribution in [2.24, 2.45) is 11.7 Å². The third-order valence-electron chi connectivity index (χ3n) is 3.56. The van der Waals surface area contributed by atoms with E-state index in [0.717, 1.165) is 18.0 Å². The zero-order valence-electron chi connectivity index (χ0n) is 9.90. The summed E-state index contributed by atoms with van der Waals surface area (Å²) in [6, 6.07) is 6.04. The molecule has 0 spiro atoms. The van der Waals surface area contributed by atoms with Gasteiger partial charge in [-0.2, -0.15) is 0 Å². The predicted octanol–water partition coefficient (Wildman–Crippen LogP) is 2.16. The Kier molecular flexibility index (Phi) is 3.34. The highest BCUT2D eigenvalue weighted by Crippen LogP contribution is 2.45. The molecule has 3 heteroatoms. The van der Waals surface area contributed by atoms with Crippen molar-refractivity contribution in [1.29, 1.82) is 0 Å². The van der Waals surface area contributed by atoms with Crippen LogP contribution in [0.4, 0.5) is 0 Å². The van der Waals surface area contributed by atoms with Gasteiger partial charge in [-0.1, -0.05) is 6.07 Å². The Balaban J connectivity index is 2.26.